The zero-order valence-electron chi connectivity index (χ0n) is 9.22. The van der Waals surface area contributed by atoms with Crippen molar-refractivity contribution in [2.24, 2.45) is 0 Å². The monoisotopic (exact) mass is 287 g/mol. The highest BCUT2D eigenvalue weighted by Crippen LogP contribution is 2.35. The Labute approximate surface area is 103 Å². The number of nitrogens with one attached hydrogen (secondary N) is 1. The first kappa shape index (κ1) is 11.9. The fourth-order valence-corrected chi connectivity index (χ4v) is 2.35. The van der Waals surface area contributed by atoms with Crippen LogP contribution in [0.15, 0.2) is 16.6 Å². The Morgan fingerprint density at radius 3 is 3.12 bits per heavy atom. The molecule has 0 amide bonds. The van der Waals surface area contributed by atoms with E-state index < -0.39 is 0 Å². The van der Waals surface area contributed by atoms with Crippen molar-refractivity contribution in [2.75, 3.05) is 13.2 Å². The Kier molecular flexibility index (Phi) is 3.82. The van der Waals surface area contributed by atoms with Crippen LogP contribution < -0.4 is 10.1 Å². The van der Waals surface area contributed by atoms with E-state index >= 15 is 0 Å². The second kappa shape index (κ2) is 5.15. The highest BCUT2D eigenvalue weighted by Gasteiger charge is 2.20. The van der Waals surface area contributed by atoms with Crippen molar-refractivity contribution in [3.05, 3.63) is 28.0 Å². The molecule has 0 spiro atoms. The molecule has 0 aliphatic carbocycles. The summed E-state index contributed by atoms with van der Waals surface area (Å²) in [6.07, 6.45) is 1.98. The van der Waals surface area contributed by atoms with Crippen LogP contribution in [0.3, 0.4) is 0 Å². The zero-order valence-corrected chi connectivity index (χ0v) is 10.8. The van der Waals surface area contributed by atoms with Crippen LogP contribution in [0.25, 0.3) is 0 Å². The van der Waals surface area contributed by atoms with Gasteiger partial charge in [0, 0.05) is 11.6 Å². The predicted molar refractivity (Wildman–Crippen MR) is 65.2 cm³/mol. The lowest BCUT2D eigenvalue weighted by molar-refractivity contribution is 0.314. The Balaban J connectivity index is 2.39. The molecule has 1 heterocycles. The number of fused-ring (bicyclic) bond motifs is 1. The van der Waals surface area contributed by atoms with E-state index in [1.807, 2.05) is 0 Å². The third kappa shape index (κ3) is 2.38. The van der Waals surface area contributed by atoms with E-state index in [2.05, 4.69) is 28.2 Å². The van der Waals surface area contributed by atoms with Crippen LogP contribution in [-0.4, -0.2) is 13.2 Å². The van der Waals surface area contributed by atoms with Crippen LogP contribution in [0.4, 0.5) is 4.39 Å². The van der Waals surface area contributed by atoms with Gasteiger partial charge in [0.1, 0.15) is 11.6 Å². The molecule has 2 rings (SSSR count). The maximum absolute atomic E-state index is 13.5. The van der Waals surface area contributed by atoms with Crippen molar-refractivity contribution in [3.63, 3.8) is 0 Å². The molecule has 0 saturated heterocycles. The molecular weight excluding hydrogens is 273 g/mol. The maximum Gasteiger partial charge on any atom is 0.137 e. The third-order valence-corrected chi connectivity index (χ3v) is 3.38. The van der Waals surface area contributed by atoms with Gasteiger partial charge < -0.3 is 10.1 Å². The molecule has 1 aromatic carbocycles. The third-order valence-electron chi connectivity index (χ3n) is 2.77. The van der Waals surface area contributed by atoms with Crippen LogP contribution >= 0.6 is 15.9 Å². The van der Waals surface area contributed by atoms with Gasteiger partial charge in [0.15, 0.2) is 0 Å². The van der Waals surface area contributed by atoms with Gasteiger partial charge in [0.2, 0.25) is 0 Å². The first-order valence-corrected chi connectivity index (χ1v) is 6.36. The van der Waals surface area contributed by atoms with E-state index in [0.29, 0.717) is 11.1 Å². The largest absolute Gasteiger partial charge is 0.493 e. The Bertz CT molecular complexity index is 384. The van der Waals surface area contributed by atoms with Crippen molar-refractivity contribution in [1.29, 1.82) is 0 Å². The van der Waals surface area contributed by atoms with Crippen LogP contribution in [0, 0.1) is 5.82 Å². The normalized spacial score (nSPS) is 19.8. The molecule has 88 valence electrons. The molecule has 2 nitrogen and oxygen atoms in total. The maximum atomic E-state index is 13.5. The number of benzene rings is 1. The molecule has 1 aliphatic heterocycles. The lowest BCUT2D eigenvalue weighted by atomic mass is 10.0. The minimum absolute atomic E-state index is 0.199. The van der Waals surface area contributed by atoms with E-state index in [4.69, 9.17) is 4.74 Å². The average molecular weight is 288 g/mol. The molecule has 4 heteroatoms. The lowest BCUT2D eigenvalue weighted by Gasteiger charge is -2.17. The van der Waals surface area contributed by atoms with Gasteiger partial charge in [-0.1, -0.05) is 6.92 Å². The first-order chi connectivity index (χ1) is 7.72. The van der Waals surface area contributed by atoms with Gasteiger partial charge in [-0.15, -0.1) is 0 Å². The summed E-state index contributed by atoms with van der Waals surface area (Å²) in [5, 5.41) is 3.37. The highest BCUT2D eigenvalue weighted by molar-refractivity contribution is 9.10. The molecule has 0 radical (unpaired) electrons. The molecular formula is C12H15BrFNO. The van der Waals surface area contributed by atoms with Gasteiger partial charge in [-0.05, 0) is 47.4 Å². The summed E-state index contributed by atoms with van der Waals surface area (Å²) >= 11 is 3.18. The van der Waals surface area contributed by atoms with Gasteiger partial charge in [-0.3, -0.25) is 0 Å². The SMILES string of the molecule is CCNC1CCCOc2cc(Br)c(F)cc21. The Morgan fingerprint density at radius 2 is 2.38 bits per heavy atom. The van der Waals surface area contributed by atoms with Crippen LogP contribution in [0.2, 0.25) is 0 Å². The quantitative estimate of drug-likeness (QED) is 0.900. The van der Waals surface area contributed by atoms with E-state index in [1.54, 1.807) is 12.1 Å². The minimum atomic E-state index is -0.229. The molecule has 1 unspecified atom stereocenters. The van der Waals surface area contributed by atoms with Gasteiger partial charge in [-0.25, -0.2) is 4.39 Å². The summed E-state index contributed by atoms with van der Waals surface area (Å²) in [7, 11) is 0. The Morgan fingerprint density at radius 1 is 1.56 bits per heavy atom. The molecule has 16 heavy (non-hydrogen) atoms. The summed E-state index contributed by atoms with van der Waals surface area (Å²) in [5.41, 5.74) is 0.931. The van der Waals surface area contributed by atoms with E-state index in [0.717, 1.165) is 30.7 Å². The van der Waals surface area contributed by atoms with Crippen molar-refractivity contribution < 1.29 is 9.13 Å². The summed E-state index contributed by atoms with van der Waals surface area (Å²) in [6, 6.07) is 3.49. The van der Waals surface area contributed by atoms with Gasteiger partial charge in [0.25, 0.3) is 0 Å². The standard InChI is InChI=1S/C12H15BrFNO/c1-2-15-11-4-3-5-16-12-7-9(13)10(14)6-8(11)12/h6-7,11,15H,2-5H2,1H3. The molecule has 0 saturated carbocycles. The fourth-order valence-electron chi connectivity index (χ4n) is 2.02. The first-order valence-electron chi connectivity index (χ1n) is 5.57. The fraction of sp³-hybridized carbons (Fsp3) is 0.500. The summed E-state index contributed by atoms with van der Waals surface area (Å²) in [5.74, 6) is 0.559. The summed E-state index contributed by atoms with van der Waals surface area (Å²) in [4.78, 5) is 0. The molecule has 0 aromatic heterocycles. The molecule has 1 atom stereocenters. The number of rotatable bonds is 2. The average Bonchev–Trinajstić information content (AvgIpc) is 2.44. The second-order valence-corrected chi connectivity index (χ2v) is 4.76. The topological polar surface area (TPSA) is 21.3 Å². The number of halogens is 2. The number of hydrogen-bond donors (Lipinski definition) is 1. The molecule has 0 bridgehead atoms. The number of ether oxygens (including phenoxy) is 1. The lowest BCUT2D eigenvalue weighted by Crippen LogP contribution is -2.20. The van der Waals surface area contributed by atoms with Gasteiger partial charge >= 0.3 is 0 Å². The second-order valence-electron chi connectivity index (χ2n) is 3.91. The molecule has 1 aliphatic rings. The molecule has 0 fully saturated rings. The zero-order chi connectivity index (χ0) is 11.5. The minimum Gasteiger partial charge on any atom is -0.493 e. The van der Waals surface area contributed by atoms with E-state index in [9.17, 15) is 4.39 Å². The van der Waals surface area contributed by atoms with Crippen molar-refractivity contribution >= 4 is 15.9 Å². The van der Waals surface area contributed by atoms with E-state index in [-0.39, 0.29) is 11.9 Å². The van der Waals surface area contributed by atoms with Crippen LogP contribution in [-0.2, 0) is 0 Å². The van der Waals surface area contributed by atoms with Crippen molar-refractivity contribution in [1.82, 2.24) is 5.32 Å². The number of hydrogen-bond acceptors (Lipinski definition) is 2. The van der Waals surface area contributed by atoms with Crippen LogP contribution in [0.5, 0.6) is 5.75 Å². The summed E-state index contributed by atoms with van der Waals surface area (Å²) in [6.45, 7) is 3.63. The Hall–Kier alpha value is -0.610. The van der Waals surface area contributed by atoms with Crippen molar-refractivity contribution in [3.8, 4) is 5.75 Å². The molecule has 1 N–H and O–H groups in total. The molecule has 1 aromatic rings. The van der Waals surface area contributed by atoms with Gasteiger partial charge in [-0.2, -0.15) is 0 Å². The van der Waals surface area contributed by atoms with Gasteiger partial charge in [0.05, 0.1) is 11.1 Å². The highest BCUT2D eigenvalue weighted by atomic mass is 79.9. The van der Waals surface area contributed by atoms with Crippen molar-refractivity contribution in [2.45, 2.75) is 25.8 Å². The smallest absolute Gasteiger partial charge is 0.137 e. The van der Waals surface area contributed by atoms with E-state index in [1.165, 1.54) is 0 Å². The van der Waals surface area contributed by atoms with Crippen LogP contribution in [0.1, 0.15) is 31.4 Å². The predicted octanol–water partition coefficient (Wildman–Crippen LogP) is 3.41. The summed E-state index contributed by atoms with van der Waals surface area (Å²) < 4.78 is 19.6.